The third kappa shape index (κ3) is 3.79. The minimum absolute atomic E-state index is 0.0174. The molecular weight excluding hydrogens is 264 g/mol. The van der Waals surface area contributed by atoms with Gasteiger partial charge in [-0.25, -0.2) is 0 Å². The van der Waals surface area contributed by atoms with Gasteiger partial charge in [0, 0.05) is 18.8 Å². The fourth-order valence-electron chi connectivity index (χ4n) is 2.23. The van der Waals surface area contributed by atoms with E-state index in [9.17, 15) is 0 Å². The molecule has 0 radical (unpaired) electrons. The Labute approximate surface area is 124 Å². The van der Waals surface area contributed by atoms with Crippen molar-refractivity contribution < 1.29 is 5.21 Å². The topological polar surface area (TPSA) is 83.5 Å². The van der Waals surface area contributed by atoms with Crippen molar-refractivity contribution in [2.75, 3.05) is 0 Å². The Bertz CT molecular complexity index is 640. The van der Waals surface area contributed by atoms with Gasteiger partial charge in [0.25, 0.3) is 0 Å². The van der Waals surface area contributed by atoms with Gasteiger partial charge in [0.2, 0.25) is 0 Å². The molecule has 1 aromatic carbocycles. The van der Waals surface area contributed by atoms with Crippen molar-refractivity contribution in [3.63, 3.8) is 0 Å². The first-order valence-corrected chi connectivity index (χ1v) is 6.83. The molecule has 5 heteroatoms. The Morgan fingerprint density at radius 3 is 2.86 bits per heavy atom. The molecule has 2 rings (SSSR count). The second-order valence-electron chi connectivity index (χ2n) is 4.99. The molecule has 110 valence electrons. The van der Waals surface area contributed by atoms with Gasteiger partial charge >= 0.3 is 0 Å². The van der Waals surface area contributed by atoms with Crippen LogP contribution in [0.3, 0.4) is 0 Å². The van der Waals surface area contributed by atoms with Gasteiger partial charge in [0.1, 0.15) is 5.69 Å². The van der Waals surface area contributed by atoms with Gasteiger partial charge in [-0.05, 0) is 42.7 Å². The van der Waals surface area contributed by atoms with Crippen LogP contribution in [-0.2, 0) is 6.54 Å². The molecule has 0 saturated carbocycles. The van der Waals surface area contributed by atoms with E-state index in [0.29, 0.717) is 12.2 Å². The lowest BCUT2D eigenvalue weighted by Crippen LogP contribution is -2.20. The third-order valence-electron chi connectivity index (χ3n) is 3.46. The van der Waals surface area contributed by atoms with Gasteiger partial charge in [0.05, 0.1) is 0 Å². The summed E-state index contributed by atoms with van der Waals surface area (Å²) in [5.74, 6) is 0.0174. The molecular formula is C16H20N4O. The molecule has 1 atom stereocenters. The smallest absolute Gasteiger partial charge is 0.188 e. The SMILES string of the molecule is Cc1ccccc1[C@@H](C)NCc1ccnc(/C(N)=N/O)c1. The number of benzene rings is 1. The molecule has 4 N–H and O–H groups in total. The highest BCUT2D eigenvalue weighted by Gasteiger charge is 2.08. The van der Waals surface area contributed by atoms with Crippen LogP contribution in [0.5, 0.6) is 0 Å². The zero-order valence-corrected chi connectivity index (χ0v) is 12.2. The molecule has 0 bridgehead atoms. The van der Waals surface area contributed by atoms with Crippen LogP contribution >= 0.6 is 0 Å². The molecule has 0 spiro atoms. The summed E-state index contributed by atoms with van der Waals surface area (Å²) < 4.78 is 0. The van der Waals surface area contributed by atoms with E-state index in [1.165, 1.54) is 11.1 Å². The van der Waals surface area contributed by atoms with Crippen LogP contribution in [0.2, 0.25) is 0 Å². The fourth-order valence-corrected chi connectivity index (χ4v) is 2.23. The fraction of sp³-hybridized carbons (Fsp3) is 0.250. The van der Waals surface area contributed by atoms with Crippen molar-refractivity contribution in [1.29, 1.82) is 0 Å². The molecule has 0 fully saturated rings. The predicted octanol–water partition coefficient (Wildman–Crippen LogP) is 2.34. The number of nitrogens with one attached hydrogen (secondary N) is 1. The molecule has 0 aliphatic heterocycles. The first-order chi connectivity index (χ1) is 10.1. The summed E-state index contributed by atoms with van der Waals surface area (Å²) in [6.07, 6.45) is 1.66. The molecule has 21 heavy (non-hydrogen) atoms. The van der Waals surface area contributed by atoms with Gasteiger partial charge in [-0.15, -0.1) is 0 Å². The van der Waals surface area contributed by atoms with Crippen molar-refractivity contribution in [2.24, 2.45) is 10.9 Å². The highest BCUT2D eigenvalue weighted by atomic mass is 16.4. The van der Waals surface area contributed by atoms with Crippen molar-refractivity contribution in [3.8, 4) is 0 Å². The number of pyridine rings is 1. The average Bonchev–Trinajstić information content (AvgIpc) is 2.52. The molecule has 0 aliphatic carbocycles. The molecule has 0 unspecified atom stereocenters. The number of hydrogen-bond donors (Lipinski definition) is 3. The van der Waals surface area contributed by atoms with Crippen molar-refractivity contribution in [3.05, 3.63) is 65.0 Å². The molecule has 0 aliphatic rings. The summed E-state index contributed by atoms with van der Waals surface area (Å²) in [4.78, 5) is 4.07. The first kappa shape index (κ1) is 15.0. The van der Waals surface area contributed by atoms with Crippen LogP contribution in [0.25, 0.3) is 0 Å². The van der Waals surface area contributed by atoms with Gasteiger partial charge in [-0.1, -0.05) is 29.4 Å². The Morgan fingerprint density at radius 2 is 2.14 bits per heavy atom. The summed E-state index contributed by atoms with van der Waals surface area (Å²) >= 11 is 0. The minimum Gasteiger partial charge on any atom is -0.409 e. The maximum absolute atomic E-state index is 8.68. The van der Waals surface area contributed by atoms with Crippen LogP contribution < -0.4 is 11.1 Å². The van der Waals surface area contributed by atoms with E-state index in [1.807, 2.05) is 24.3 Å². The molecule has 2 aromatic rings. The van der Waals surface area contributed by atoms with Crippen molar-refractivity contribution in [2.45, 2.75) is 26.4 Å². The zero-order valence-electron chi connectivity index (χ0n) is 12.2. The number of hydrogen-bond acceptors (Lipinski definition) is 4. The number of aromatic nitrogens is 1. The second kappa shape index (κ2) is 6.85. The van der Waals surface area contributed by atoms with E-state index in [1.54, 1.807) is 6.20 Å². The molecule has 5 nitrogen and oxygen atoms in total. The summed E-state index contributed by atoms with van der Waals surface area (Å²) in [6.45, 7) is 4.92. The van der Waals surface area contributed by atoms with E-state index in [2.05, 4.69) is 41.4 Å². The lowest BCUT2D eigenvalue weighted by atomic mass is 10.0. The van der Waals surface area contributed by atoms with Crippen LogP contribution in [-0.4, -0.2) is 16.0 Å². The van der Waals surface area contributed by atoms with E-state index >= 15 is 0 Å². The summed E-state index contributed by atoms with van der Waals surface area (Å²) in [5.41, 5.74) is 9.60. The Balaban J connectivity index is 2.05. The van der Waals surface area contributed by atoms with E-state index < -0.39 is 0 Å². The first-order valence-electron chi connectivity index (χ1n) is 6.83. The number of oxime groups is 1. The zero-order chi connectivity index (χ0) is 15.2. The molecule has 0 amide bonds. The summed E-state index contributed by atoms with van der Waals surface area (Å²) in [6, 6.07) is 12.3. The van der Waals surface area contributed by atoms with Crippen molar-refractivity contribution in [1.82, 2.24) is 10.3 Å². The minimum atomic E-state index is 0.0174. The lowest BCUT2D eigenvalue weighted by Gasteiger charge is -2.16. The van der Waals surface area contributed by atoms with E-state index in [0.717, 1.165) is 5.56 Å². The van der Waals surface area contributed by atoms with Crippen LogP contribution in [0, 0.1) is 6.92 Å². The second-order valence-corrected chi connectivity index (χ2v) is 4.99. The molecule has 0 saturated heterocycles. The average molecular weight is 284 g/mol. The van der Waals surface area contributed by atoms with E-state index in [4.69, 9.17) is 10.9 Å². The lowest BCUT2D eigenvalue weighted by molar-refractivity contribution is 0.318. The standard InChI is InChI=1S/C16H20N4O/c1-11-5-3-4-6-14(11)12(2)19-10-13-7-8-18-15(9-13)16(17)20-21/h3-9,12,19,21H,10H2,1-2H3,(H2,17,20)/t12-/m1/s1. The van der Waals surface area contributed by atoms with Crippen molar-refractivity contribution >= 4 is 5.84 Å². The van der Waals surface area contributed by atoms with Crippen LogP contribution in [0.4, 0.5) is 0 Å². The molecule has 1 heterocycles. The maximum Gasteiger partial charge on any atom is 0.188 e. The Hall–Kier alpha value is -2.40. The number of nitrogens with two attached hydrogens (primary N) is 1. The number of aryl methyl sites for hydroxylation is 1. The van der Waals surface area contributed by atoms with Crippen LogP contribution in [0.1, 0.15) is 35.3 Å². The Morgan fingerprint density at radius 1 is 1.38 bits per heavy atom. The monoisotopic (exact) mass is 284 g/mol. The maximum atomic E-state index is 8.68. The van der Waals surface area contributed by atoms with E-state index in [-0.39, 0.29) is 11.9 Å². The quantitative estimate of drug-likeness (QED) is 0.340. The third-order valence-corrected chi connectivity index (χ3v) is 3.46. The van der Waals surface area contributed by atoms with Gasteiger partial charge in [0.15, 0.2) is 5.84 Å². The Kier molecular flexibility index (Phi) is 4.90. The van der Waals surface area contributed by atoms with Gasteiger partial charge in [-0.2, -0.15) is 0 Å². The van der Waals surface area contributed by atoms with Crippen LogP contribution in [0.15, 0.2) is 47.8 Å². The van der Waals surface area contributed by atoms with Gasteiger partial charge < -0.3 is 16.3 Å². The number of amidine groups is 1. The molecule has 1 aromatic heterocycles. The summed E-state index contributed by atoms with van der Waals surface area (Å²) in [7, 11) is 0. The summed E-state index contributed by atoms with van der Waals surface area (Å²) in [5, 5.41) is 15.1. The largest absolute Gasteiger partial charge is 0.409 e. The number of rotatable bonds is 5. The predicted molar refractivity (Wildman–Crippen MR) is 83.2 cm³/mol. The number of nitrogens with zero attached hydrogens (tertiary/aromatic N) is 2. The highest BCUT2D eigenvalue weighted by Crippen LogP contribution is 2.17. The normalized spacial score (nSPS) is 13.1. The van der Waals surface area contributed by atoms with Gasteiger partial charge in [-0.3, -0.25) is 4.98 Å². The highest BCUT2D eigenvalue weighted by molar-refractivity contribution is 5.95.